The lowest BCUT2D eigenvalue weighted by Crippen LogP contribution is -2.27. The molecule has 0 atom stereocenters. The molecule has 5 nitrogen and oxygen atoms in total. The van der Waals surface area contributed by atoms with Crippen LogP contribution in [0, 0.1) is 0 Å². The Morgan fingerprint density at radius 3 is 2.43 bits per heavy atom. The quantitative estimate of drug-likeness (QED) is 0.233. The number of oxime groups is 1. The van der Waals surface area contributed by atoms with E-state index in [0.717, 1.165) is 0 Å². The van der Waals surface area contributed by atoms with Crippen molar-refractivity contribution in [3.8, 4) is 0 Å². The van der Waals surface area contributed by atoms with Crippen LogP contribution in [0.3, 0.4) is 0 Å². The molecule has 0 aliphatic rings. The van der Waals surface area contributed by atoms with Gasteiger partial charge in [-0.1, -0.05) is 50.4 Å². The van der Waals surface area contributed by atoms with E-state index in [0.29, 0.717) is 15.6 Å². The molecule has 0 bridgehead atoms. The first-order chi connectivity index (χ1) is 10.0. The van der Waals surface area contributed by atoms with E-state index in [1.807, 2.05) is 0 Å². The number of benzene rings is 1. The number of nitrogens with zero attached hydrogens (tertiary/aromatic N) is 1. The first-order valence-corrected chi connectivity index (χ1v) is 7.78. The van der Waals surface area contributed by atoms with Gasteiger partial charge in [-0.05, 0) is 19.1 Å². The van der Waals surface area contributed by atoms with Gasteiger partial charge in [-0.25, -0.2) is 4.79 Å². The van der Waals surface area contributed by atoms with Crippen LogP contribution in [0.15, 0.2) is 23.4 Å². The second-order valence-corrected chi connectivity index (χ2v) is 5.07. The Bertz CT molecular complexity index is 543. The average Bonchev–Trinajstić information content (AvgIpc) is 2.45. The number of esters is 1. The molecule has 0 heterocycles. The third-order valence-corrected chi connectivity index (χ3v) is 3.50. The minimum absolute atomic E-state index is 0.0686. The Balaban J connectivity index is 2.84. The predicted molar refractivity (Wildman–Crippen MR) is 84.1 cm³/mol. The zero-order valence-corrected chi connectivity index (χ0v) is 14.2. The smallest absolute Gasteiger partial charge is 0.364 e. The summed E-state index contributed by atoms with van der Waals surface area (Å²) in [6.07, 6.45) is 0. The van der Waals surface area contributed by atoms with Crippen molar-refractivity contribution in [3.05, 3.63) is 33.8 Å². The molecule has 0 aliphatic heterocycles. The molecule has 114 valence electrons. The second kappa shape index (κ2) is 9.02. The molecule has 0 amide bonds. The highest BCUT2D eigenvalue weighted by atomic mass is 79.9. The van der Waals surface area contributed by atoms with Gasteiger partial charge < -0.3 is 9.57 Å². The number of rotatable bonds is 7. The summed E-state index contributed by atoms with van der Waals surface area (Å²) < 4.78 is 4.73. The highest BCUT2D eigenvalue weighted by molar-refractivity contribution is 9.09. The summed E-state index contributed by atoms with van der Waals surface area (Å²) >= 11 is 14.9. The monoisotopic (exact) mass is 395 g/mol. The third-order valence-electron chi connectivity index (χ3n) is 2.28. The molecule has 21 heavy (non-hydrogen) atoms. The lowest BCUT2D eigenvalue weighted by atomic mass is 10.2. The van der Waals surface area contributed by atoms with Gasteiger partial charge in [-0.15, -0.1) is 0 Å². The number of hydrogen-bond donors (Lipinski definition) is 0. The summed E-state index contributed by atoms with van der Waals surface area (Å²) in [5.41, 5.74) is 0.0935. The van der Waals surface area contributed by atoms with Crippen LogP contribution in [0.1, 0.15) is 12.5 Å². The molecular weight excluding hydrogens is 385 g/mol. The minimum Gasteiger partial charge on any atom is -0.461 e. The Hall–Kier alpha value is -1.11. The Morgan fingerprint density at radius 2 is 1.90 bits per heavy atom. The van der Waals surface area contributed by atoms with Gasteiger partial charge in [0, 0.05) is 15.6 Å². The zero-order valence-electron chi connectivity index (χ0n) is 11.1. The van der Waals surface area contributed by atoms with Gasteiger partial charge in [0.1, 0.15) is 6.61 Å². The van der Waals surface area contributed by atoms with Gasteiger partial charge in [0.2, 0.25) is 11.5 Å². The zero-order chi connectivity index (χ0) is 15.8. The van der Waals surface area contributed by atoms with Crippen LogP contribution < -0.4 is 0 Å². The number of carbonyl (C=O) groups is 2. The second-order valence-electron chi connectivity index (χ2n) is 3.69. The van der Waals surface area contributed by atoms with E-state index in [9.17, 15) is 9.59 Å². The molecule has 0 saturated heterocycles. The Labute approximate surface area is 140 Å². The number of halogens is 3. The molecule has 0 saturated carbocycles. The van der Waals surface area contributed by atoms with Crippen LogP contribution >= 0.6 is 39.1 Å². The lowest BCUT2D eigenvalue weighted by molar-refractivity contribution is -0.136. The van der Waals surface area contributed by atoms with Gasteiger partial charge in [-0.2, -0.15) is 0 Å². The minimum atomic E-state index is -0.841. The fraction of sp³-hybridized carbons (Fsp3) is 0.308. The number of Topliss-reactive ketones (excluding diaryl/α,β-unsaturated/α-hetero) is 1. The fourth-order valence-corrected chi connectivity index (χ4v) is 2.07. The van der Waals surface area contributed by atoms with E-state index in [1.54, 1.807) is 25.1 Å². The van der Waals surface area contributed by atoms with Crippen LogP contribution in [-0.2, 0) is 25.8 Å². The van der Waals surface area contributed by atoms with Crippen molar-refractivity contribution < 1.29 is 19.2 Å². The highest BCUT2D eigenvalue weighted by Crippen LogP contribution is 2.24. The molecule has 0 aromatic heterocycles. The molecule has 0 unspecified atom stereocenters. The maximum Gasteiger partial charge on any atom is 0.364 e. The van der Waals surface area contributed by atoms with Crippen LogP contribution in [-0.4, -0.2) is 29.4 Å². The first-order valence-electron chi connectivity index (χ1n) is 5.90. The normalized spacial score (nSPS) is 11.1. The van der Waals surface area contributed by atoms with Crippen molar-refractivity contribution in [3.63, 3.8) is 0 Å². The largest absolute Gasteiger partial charge is 0.461 e. The van der Waals surface area contributed by atoms with Crippen molar-refractivity contribution in [2.24, 2.45) is 5.16 Å². The van der Waals surface area contributed by atoms with Gasteiger partial charge in [0.05, 0.1) is 11.9 Å². The summed E-state index contributed by atoms with van der Waals surface area (Å²) in [7, 11) is 0. The van der Waals surface area contributed by atoms with Crippen molar-refractivity contribution in [1.29, 1.82) is 0 Å². The Morgan fingerprint density at radius 1 is 1.29 bits per heavy atom. The molecule has 0 aliphatic carbocycles. The number of carbonyl (C=O) groups excluding carboxylic acids is 2. The Kier molecular flexibility index (Phi) is 7.71. The standard InChI is InChI=1S/C13H12BrCl2NO4/c1-2-20-13(19)12(11(18)6-14)17-21-7-8-9(15)4-3-5-10(8)16/h3-5H,2,6-7H2,1H3. The summed E-state index contributed by atoms with van der Waals surface area (Å²) in [4.78, 5) is 28.2. The summed E-state index contributed by atoms with van der Waals surface area (Å²) in [5.74, 6) is -1.38. The molecule has 0 spiro atoms. The van der Waals surface area contributed by atoms with E-state index in [1.165, 1.54) is 0 Å². The number of alkyl halides is 1. The van der Waals surface area contributed by atoms with E-state index in [4.69, 9.17) is 32.8 Å². The molecule has 0 N–H and O–H groups in total. The van der Waals surface area contributed by atoms with Crippen molar-refractivity contribution in [2.45, 2.75) is 13.5 Å². The molecular formula is C13H12BrCl2NO4. The average molecular weight is 397 g/mol. The maximum absolute atomic E-state index is 11.6. The van der Waals surface area contributed by atoms with Crippen LogP contribution in [0.25, 0.3) is 0 Å². The van der Waals surface area contributed by atoms with Gasteiger partial charge >= 0.3 is 5.97 Å². The topological polar surface area (TPSA) is 65.0 Å². The van der Waals surface area contributed by atoms with Gasteiger partial charge in [0.15, 0.2) is 0 Å². The van der Waals surface area contributed by atoms with E-state index in [-0.39, 0.29) is 18.5 Å². The number of ketones is 1. The number of ether oxygens (including phenoxy) is 1. The summed E-state index contributed by atoms with van der Waals surface area (Å²) in [6.45, 7) is 1.68. The summed E-state index contributed by atoms with van der Waals surface area (Å²) in [5, 5.41) is 4.28. The van der Waals surface area contributed by atoms with E-state index in [2.05, 4.69) is 21.1 Å². The van der Waals surface area contributed by atoms with Crippen LogP contribution in [0.2, 0.25) is 10.0 Å². The van der Waals surface area contributed by atoms with Crippen LogP contribution in [0.4, 0.5) is 0 Å². The lowest BCUT2D eigenvalue weighted by Gasteiger charge is -2.07. The van der Waals surface area contributed by atoms with E-state index >= 15 is 0 Å². The maximum atomic E-state index is 11.6. The predicted octanol–water partition coefficient (Wildman–Crippen LogP) is 3.39. The van der Waals surface area contributed by atoms with E-state index < -0.39 is 17.5 Å². The van der Waals surface area contributed by atoms with Crippen molar-refractivity contribution >= 4 is 56.6 Å². The summed E-state index contributed by atoms with van der Waals surface area (Å²) in [6, 6.07) is 4.98. The first kappa shape index (κ1) is 17.9. The highest BCUT2D eigenvalue weighted by Gasteiger charge is 2.22. The SMILES string of the molecule is CCOC(=O)C(=NOCc1c(Cl)cccc1Cl)C(=O)CBr. The molecule has 1 rings (SSSR count). The number of hydrogen-bond acceptors (Lipinski definition) is 5. The van der Waals surface area contributed by atoms with Crippen molar-refractivity contribution in [1.82, 2.24) is 0 Å². The van der Waals surface area contributed by atoms with Gasteiger partial charge in [0.25, 0.3) is 0 Å². The molecule has 0 fully saturated rings. The molecule has 8 heteroatoms. The fourth-order valence-electron chi connectivity index (χ4n) is 1.30. The molecule has 1 aromatic rings. The van der Waals surface area contributed by atoms with Crippen LogP contribution in [0.5, 0.6) is 0 Å². The third kappa shape index (κ3) is 5.30. The van der Waals surface area contributed by atoms with Crippen molar-refractivity contribution in [2.75, 3.05) is 11.9 Å². The molecule has 0 radical (unpaired) electrons. The van der Waals surface area contributed by atoms with Gasteiger partial charge in [-0.3, -0.25) is 4.79 Å². The molecule has 1 aromatic carbocycles.